The van der Waals surface area contributed by atoms with Gasteiger partial charge in [0.1, 0.15) is 0 Å². The third-order valence-corrected chi connectivity index (χ3v) is 3.73. The zero-order valence-corrected chi connectivity index (χ0v) is 10.8. The van der Waals surface area contributed by atoms with Gasteiger partial charge < -0.3 is 10.6 Å². The lowest BCUT2D eigenvalue weighted by Gasteiger charge is -2.11. The fraction of sp³-hybridized carbons (Fsp3) is 0.429. The molecule has 0 unspecified atom stereocenters. The highest BCUT2D eigenvalue weighted by atomic mass is 16.2. The van der Waals surface area contributed by atoms with Gasteiger partial charge in [0.05, 0.1) is 11.7 Å². The minimum Gasteiger partial charge on any atom is -0.338 e. The Morgan fingerprint density at radius 2 is 2.21 bits per heavy atom. The summed E-state index contributed by atoms with van der Waals surface area (Å²) in [6.07, 6.45) is 6.83. The van der Waals surface area contributed by atoms with E-state index in [9.17, 15) is 4.79 Å². The Kier molecular flexibility index (Phi) is 3.35. The van der Waals surface area contributed by atoms with E-state index in [2.05, 4.69) is 20.8 Å². The maximum atomic E-state index is 11.8. The highest BCUT2D eigenvalue weighted by molar-refractivity contribution is 5.92. The summed E-state index contributed by atoms with van der Waals surface area (Å²) < 4.78 is 0. The number of aromatic amines is 1. The molecule has 3 N–H and O–H groups in total. The number of aromatic nitrogens is 2. The van der Waals surface area contributed by atoms with E-state index in [1.54, 1.807) is 6.20 Å². The Balaban J connectivity index is 1.55. The average molecular weight is 258 g/mol. The first-order valence-corrected chi connectivity index (χ1v) is 6.79. The predicted octanol–water partition coefficient (Wildman–Crippen LogP) is 2.87. The van der Waals surface area contributed by atoms with Crippen molar-refractivity contribution in [3.8, 4) is 0 Å². The number of H-pyrrole nitrogens is 1. The van der Waals surface area contributed by atoms with Gasteiger partial charge in [-0.05, 0) is 37.0 Å². The first-order chi connectivity index (χ1) is 9.31. The lowest BCUT2D eigenvalue weighted by atomic mass is 10.1. The van der Waals surface area contributed by atoms with Crippen molar-refractivity contribution in [1.82, 2.24) is 15.5 Å². The van der Waals surface area contributed by atoms with E-state index < -0.39 is 0 Å². The fourth-order valence-electron chi connectivity index (χ4n) is 2.64. The van der Waals surface area contributed by atoms with Crippen LogP contribution in [0.25, 0.3) is 10.9 Å². The van der Waals surface area contributed by atoms with E-state index in [-0.39, 0.29) is 6.03 Å². The van der Waals surface area contributed by atoms with Crippen molar-refractivity contribution in [3.63, 3.8) is 0 Å². The van der Waals surface area contributed by atoms with Gasteiger partial charge in [-0.15, -0.1) is 0 Å². The van der Waals surface area contributed by atoms with E-state index in [1.807, 2.05) is 18.2 Å². The topological polar surface area (TPSA) is 69.8 Å². The van der Waals surface area contributed by atoms with E-state index in [1.165, 1.54) is 25.7 Å². The fourth-order valence-corrected chi connectivity index (χ4v) is 2.64. The zero-order chi connectivity index (χ0) is 13.1. The monoisotopic (exact) mass is 258 g/mol. The van der Waals surface area contributed by atoms with Gasteiger partial charge >= 0.3 is 6.03 Å². The van der Waals surface area contributed by atoms with Crippen molar-refractivity contribution in [2.24, 2.45) is 5.92 Å². The Bertz CT molecular complexity index is 572. The summed E-state index contributed by atoms with van der Waals surface area (Å²) in [6, 6.07) is 5.57. The molecular formula is C14H18N4O. The molecule has 1 aromatic heterocycles. The summed E-state index contributed by atoms with van der Waals surface area (Å²) in [7, 11) is 0. The summed E-state index contributed by atoms with van der Waals surface area (Å²) in [4.78, 5) is 11.8. The molecule has 0 bridgehead atoms. The molecular weight excluding hydrogens is 240 g/mol. The van der Waals surface area contributed by atoms with Crippen molar-refractivity contribution >= 4 is 22.6 Å². The number of carbonyl (C=O) groups excluding carboxylic acids is 1. The number of amides is 2. The second-order valence-corrected chi connectivity index (χ2v) is 5.16. The number of urea groups is 1. The average Bonchev–Trinajstić information content (AvgIpc) is 3.07. The molecule has 0 spiro atoms. The van der Waals surface area contributed by atoms with Gasteiger partial charge in [0.15, 0.2) is 0 Å². The molecule has 1 aliphatic carbocycles. The van der Waals surface area contributed by atoms with Crippen LogP contribution < -0.4 is 10.6 Å². The number of nitrogens with one attached hydrogen (secondary N) is 3. The second kappa shape index (κ2) is 5.30. The molecule has 0 atom stereocenters. The molecule has 2 amide bonds. The number of rotatable bonds is 3. The third-order valence-electron chi connectivity index (χ3n) is 3.73. The summed E-state index contributed by atoms with van der Waals surface area (Å²) in [5.41, 5.74) is 1.70. The first kappa shape index (κ1) is 12.0. The van der Waals surface area contributed by atoms with Crippen LogP contribution in [0.3, 0.4) is 0 Å². The Morgan fingerprint density at radius 1 is 1.37 bits per heavy atom. The Morgan fingerprint density at radius 3 is 3.05 bits per heavy atom. The molecule has 0 saturated heterocycles. The highest BCUT2D eigenvalue weighted by Crippen LogP contribution is 2.23. The normalized spacial score (nSPS) is 15.8. The largest absolute Gasteiger partial charge is 0.338 e. The van der Waals surface area contributed by atoms with Crippen LogP contribution in [0.2, 0.25) is 0 Å². The molecule has 3 rings (SSSR count). The second-order valence-electron chi connectivity index (χ2n) is 5.16. The van der Waals surface area contributed by atoms with Crippen LogP contribution in [0.4, 0.5) is 10.5 Å². The van der Waals surface area contributed by atoms with Gasteiger partial charge in [-0.3, -0.25) is 5.10 Å². The van der Waals surface area contributed by atoms with Crippen LogP contribution in [-0.2, 0) is 0 Å². The first-order valence-electron chi connectivity index (χ1n) is 6.79. The molecule has 19 heavy (non-hydrogen) atoms. The van der Waals surface area contributed by atoms with Gasteiger partial charge in [0.2, 0.25) is 0 Å². The quantitative estimate of drug-likeness (QED) is 0.792. The molecule has 1 aromatic carbocycles. The number of hydrogen-bond acceptors (Lipinski definition) is 2. The minimum atomic E-state index is -0.134. The smallest absolute Gasteiger partial charge is 0.319 e. The van der Waals surface area contributed by atoms with Crippen LogP contribution in [-0.4, -0.2) is 22.8 Å². The van der Waals surface area contributed by atoms with E-state index in [4.69, 9.17) is 0 Å². The summed E-state index contributed by atoms with van der Waals surface area (Å²) in [6.45, 7) is 0.776. The summed E-state index contributed by atoms with van der Waals surface area (Å²) in [5, 5.41) is 13.7. The Labute approximate surface area is 111 Å². The third kappa shape index (κ3) is 2.86. The summed E-state index contributed by atoms with van der Waals surface area (Å²) in [5.74, 6) is 0.654. The molecule has 2 aromatic rings. The molecule has 1 heterocycles. The number of anilines is 1. The van der Waals surface area contributed by atoms with Gasteiger partial charge in [0, 0.05) is 17.6 Å². The van der Waals surface area contributed by atoms with Crippen LogP contribution in [0.5, 0.6) is 0 Å². The van der Waals surface area contributed by atoms with Crippen molar-refractivity contribution in [1.29, 1.82) is 0 Å². The molecule has 100 valence electrons. The van der Waals surface area contributed by atoms with Gasteiger partial charge in [-0.1, -0.05) is 12.8 Å². The number of fused-ring (bicyclic) bond motifs is 1. The van der Waals surface area contributed by atoms with Crippen molar-refractivity contribution in [3.05, 3.63) is 24.4 Å². The minimum absolute atomic E-state index is 0.134. The van der Waals surface area contributed by atoms with Gasteiger partial charge in [-0.25, -0.2) is 4.79 Å². The SMILES string of the molecule is O=C(NCC1CCCC1)Nc1ccc2cn[nH]c2c1. The number of carbonyl (C=O) groups is 1. The molecule has 5 heteroatoms. The Hall–Kier alpha value is -2.04. The molecule has 0 aliphatic heterocycles. The molecule has 1 fully saturated rings. The van der Waals surface area contributed by atoms with E-state index >= 15 is 0 Å². The maximum absolute atomic E-state index is 11.8. The van der Waals surface area contributed by atoms with Crippen LogP contribution in [0, 0.1) is 5.92 Å². The number of hydrogen-bond donors (Lipinski definition) is 3. The van der Waals surface area contributed by atoms with Crippen molar-refractivity contribution in [2.75, 3.05) is 11.9 Å². The molecule has 1 aliphatic rings. The standard InChI is InChI=1S/C14H18N4O/c19-14(15-8-10-3-1-2-4-10)17-12-6-5-11-9-16-18-13(11)7-12/h5-7,9-10H,1-4,8H2,(H,16,18)(H2,15,17,19). The zero-order valence-electron chi connectivity index (χ0n) is 10.8. The lowest BCUT2D eigenvalue weighted by molar-refractivity contribution is 0.250. The van der Waals surface area contributed by atoms with Crippen LogP contribution >= 0.6 is 0 Å². The van der Waals surface area contributed by atoms with E-state index in [0.717, 1.165) is 23.1 Å². The van der Waals surface area contributed by atoms with E-state index in [0.29, 0.717) is 5.92 Å². The summed E-state index contributed by atoms with van der Waals surface area (Å²) >= 11 is 0. The van der Waals surface area contributed by atoms with Crippen molar-refractivity contribution in [2.45, 2.75) is 25.7 Å². The lowest BCUT2D eigenvalue weighted by Crippen LogP contribution is -2.32. The van der Waals surface area contributed by atoms with Crippen LogP contribution in [0.15, 0.2) is 24.4 Å². The number of benzene rings is 1. The molecule has 5 nitrogen and oxygen atoms in total. The predicted molar refractivity (Wildman–Crippen MR) is 75.1 cm³/mol. The molecule has 1 saturated carbocycles. The van der Waals surface area contributed by atoms with Gasteiger partial charge in [-0.2, -0.15) is 5.10 Å². The van der Waals surface area contributed by atoms with Crippen molar-refractivity contribution < 1.29 is 4.79 Å². The molecule has 0 radical (unpaired) electrons. The maximum Gasteiger partial charge on any atom is 0.319 e. The highest BCUT2D eigenvalue weighted by Gasteiger charge is 2.15. The number of nitrogens with zero attached hydrogens (tertiary/aromatic N) is 1. The van der Waals surface area contributed by atoms with Gasteiger partial charge in [0.25, 0.3) is 0 Å². The van der Waals surface area contributed by atoms with Crippen LogP contribution in [0.1, 0.15) is 25.7 Å².